The van der Waals surface area contributed by atoms with E-state index in [1.165, 1.54) is 4.68 Å². The van der Waals surface area contributed by atoms with E-state index >= 15 is 0 Å². The van der Waals surface area contributed by atoms with Crippen LogP contribution in [0.1, 0.15) is 31.2 Å². The van der Waals surface area contributed by atoms with Crippen molar-refractivity contribution < 1.29 is 9.53 Å². The summed E-state index contributed by atoms with van der Waals surface area (Å²) in [5.41, 5.74) is 6.41. The summed E-state index contributed by atoms with van der Waals surface area (Å²) in [5, 5.41) is 4.98. The van der Waals surface area contributed by atoms with Crippen molar-refractivity contribution in [3.8, 4) is 5.75 Å². The predicted molar refractivity (Wildman–Crippen MR) is 142 cm³/mol. The van der Waals surface area contributed by atoms with E-state index in [4.69, 9.17) is 10.5 Å². The highest BCUT2D eigenvalue weighted by Gasteiger charge is 2.12. The van der Waals surface area contributed by atoms with Crippen molar-refractivity contribution in [2.24, 2.45) is 10.8 Å². The van der Waals surface area contributed by atoms with Crippen LogP contribution in [0.2, 0.25) is 0 Å². The molecule has 1 amide bonds. The summed E-state index contributed by atoms with van der Waals surface area (Å²) in [4.78, 5) is 28.8. The summed E-state index contributed by atoms with van der Waals surface area (Å²) < 4.78 is 9.30. The number of fused-ring (bicyclic) bond motifs is 1. The van der Waals surface area contributed by atoms with Crippen LogP contribution in [0.3, 0.4) is 0 Å². The van der Waals surface area contributed by atoms with Gasteiger partial charge in [-0.3, -0.25) is 9.59 Å². The Morgan fingerprint density at radius 1 is 1.29 bits per heavy atom. The molecular formula is C21H19BrI2N4O3. The Hall–Kier alpha value is -1.54. The van der Waals surface area contributed by atoms with Crippen molar-refractivity contribution >= 4 is 84.1 Å². The zero-order chi connectivity index (χ0) is 22.5. The number of nitrogens with zero attached hydrogens (tertiary/aromatic N) is 3. The van der Waals surface area contributed by atoms with Crippen molar-refractivity contribution in [2.45, 2.75) is 26.2 Å². The molecule has 0 aliphatic carbocycles. The molecule has 3 aromatic rings. The molecule has 0 bridgehead atoms. The Morgan fingerprint density at radius 2 is 2.00 bits per heavy atom. The van der Waals surface area contributed by atoms with Crippen LogP contribution < -0.4 is 16.0 Å². The summed E-state index contributed by atoms with van der Waals surface area (Å²) in [6, 6.07) is 9.20. The van der Waals surface area contributed by atoms with Gasteiger partial charge in [0.15, 0.2) is 6.61 Å². The molecule has 0 radical (unpaired) electrons. The van der Waals surface area contributed by atoms with Gasteiger partial charge in [-0.15, -0.1) is 0 Å². The molecule has 0 aliphatic rings. The Labute approximate surface area is 214 Å². The van der Waals surface area contributed by atoms with Crippen LogP contribution in [-0.4, -0.2) is 28.4 Å². The van der Waals surface area contributed by atoms with Crippen LogP contribution in [0.25, 0.3) is 10.9 Å². The van der Waals surface area contributed by atoms with Gasteiger partial charge in [0.1, 0.15) is 11.6 Å². The van der Waals surface area contributed by atoms with Crippen molar-refractivity contribution in [3.63, 3.8) is 0 Å². The fourth-order valence-electron chi connectivity index (χ4n) is 2.87. The van der Waals surface area contributed by atoms with Gasteiger partial charge in [0, 0.05) is 10.9 Å². The lowest BCUT2D eigenvalue weighted by molar-refractivity contribution is -0.119. The van der Waals surface area contributed by atoms with E-state index in [9.17, 15) is 9.59 Å². The van der Waals surface area contributed by atoms with Crippen molar-refractivity contribution in [1.82, 2.24) is 9.66 Å². The molecule has 2 N–H and O–H groups in total. The first-order valence-electron chi connectivity index (χ1n) is 9.45. The number of amides is 1. The SMILES string of the molecule is CCCCc1nc2ccc(Br)cc2c(=O)n1N=Cc1cc(I)c(OCC(N)=O)c(I)c1. The zero-order valence-corrected chi connectivity index (χ0v) is 22.5. The molecule has 0 atom stereocenters. The van der Waals surface area contributed by atoms with E-state index in [0.29, 0.717) is 28.9 Å². The Balaban J connectivity index is 2.02. The molecule has 1 heterocycles. The fourth-order valence-corrected chi connectivity index (χ4v) is 5.36. The Bertz CT molecular complexity index is 1200. The van der Waals surface area contributed by atoms with Crippen molar-refractivity contribution in [1.29, 1.82) is 0 Å². The number of carbonyl (C=O) groups excluding carboxylic acids is 1. The van der Waals surface area contributed by atoms with E-state index < -0.39 is 5.91 Å². The van der Waals surface area contributed by atoms with Crippen LogP contribution >= 0.6 is 61.1 Å². The number of hydrogen-bond donors (Lipinski definition) is 1. The number of nitrogens with two attached hydrogens (primary N) is 1. The van der Waals surface area contributed by atoms with E-state index in [1.54, 1.807) is 12.3 Å². The second-order valence-corrected chi connectivity index (χ2v) is 9.96. The monoisotopic (exact) mass is 708 g/mol. The lowest BCUT2D eigenvalue weighted by Gasteiger charge is -2.11. The summed E-state index contributed by atoms with van der Waals surface area (Å²) in [7, 11) is 0. The molecule has 10 heteroatoms. The van der Waals surface area contributed by atoms with E-state index in [2.05, 4.69) is 78.1 Å². The van der Waals surface area contributed by atoms with Gasteiger partial charge in [-0.1, -0.05) is 29.3 Å². The molecule has 0 saturated carbocycles. The summed E-state index contributed by atoms with van der Waals surface area (Å²) >= 11 is 7.67. The summed E-state index contributed by atoms with van der Waals surface area (Å²) in [6.07, 6.45) is 4.18. The number of halogens is 3. The number of aromatic nitrogens is 2. The van der Waals surface area contributed by atoms with Gasteiger partial charge in [-0.05, 0) is 87.5 Å². The molecule has 1 aromatic heterocycles. The molecular weight excluding hydrogens is 690 g/mol. The summed E-state index contributed by atoms with van der Waals surface area (Å²) in [6.45, 7) is 1.91. The first-order chi connectivity index (χ1) is 14.8. The minimum Gasteiger partial charge on any atom is -0.482 e. The maximum atomic E-state index is 13.1. The molecule has 2 aromatic carbocycles. The lowest BCUT2D eigenvalue weighted by Crippen LogP contribution is -2.22. The minimum absolute atomic E-state index is 0.187. The van der Waals surface area contributed by atoms with Crippen LogP contribution in [0.4, 0.5) is 0 Å². The van der Waals surface area contributed by atoms with E-state index in [-0.39, 0.29) is 12.2 Å². The largest absolute Gasteiger partial charge is 0.482 e. The second kappa shape index (κ2) is 10.9. The highest BCUT2D eigenvalue weighted by molar-refractivity contribution is 14.1. The minimum atomic E-state index is -0.535. The molecule has 162 valence electrons. The number of primary amides is 1. The number of unbranched alkanes of at least 4 members (excludes halogenated alkanes) is 1. The highest BCUT2D eigenvalue weighted by Crippen LogP contribution is 2.28. The van der Waals surface area contributed by atoms with Crippen molar-refractivity contribution in [2.75, 3.05) is 6.61 Å². The molecule has 0 aliphatic heterocycles. The number of hydrogen-bond acceptors (Lipinski definition) is 5. The third-order valence-corrected chi connectivity index (χ3v) is 6.43. The number of ether oxygens (including phenoxy) is 1. The number of benzene rings is 2. The van der Waals surface area contributed by atoms with Crippen molar-refractivity contribution in [3.05, 3.63) is 63.7 Å². The maximum Gasteiger partial charge on any atom is 0.282 e. The van der Waals surface area contributed by atoms with Gasteiger partial charge >= 0.3 is 0 Å². The lowest BCUT2D eigenvalue weighted by atomic mass is 10.2. The number of rotatable bonds is 8. The van der Waals surface area contributed by atoms with Gasteiger partial charge in [-0.2, -0.15) is 9.78 Å². The molecule has 0 fully saturated rings. The van der Waals surface area contributed by atoms with E-state index in [0.717, 1.165) is 30.0 Å². The van der Waals surface area contributed by atoms with Crippen LogP contribution in [0, 0.1) is 7.14 Å². The Kier molecular flexibility index (Phi) is 8.44. The first-order valence-corrected chi connectivity index (χ1v) is 12.4. The third kappa shape index (κ3) is 6.04. The number of carbonyl (C=O) groups is 1. The first kappa shape index (κ1) is 24.1. The van der Waals surface area contributed by atoms with Crippen LogP contribution in [-0.2, 0) is 11.2 Å². The average molecular weight is 709 g/mol. The van der Waals surface area contributed by atoms with Gasteiger partial charge in [-0.25, -0.2) is 4.98 Å². The Morgan fingerprint density at radius 3 is 2.65 bits per heavy atom. The maximum absolute atomic E-state index is 13.1. The quantitative estimate of drug-likeness (QED) is 0.276. The number of aryl methyl sites for hydroxylation is 1. The van der Waals surface area contributed by atoms with Gasteiger partial charge in [0.2, 0.25) is 0 Å². The molecule has 0 spiro atoms. The smallest absolute Gasteiger partial charge is 0.282 e. The van der Waals surface area contributed by atoms with Gasteiger partial charge < -0.3 is 10.5 Å². The molecule has 0 unspecified atom stereocenters. The van der Waals surface area contributed by atoms with E-state index in [1.807, 2.05) is 24.3 Å². The second-order valence-electron chi connectivity index (χ2n) is 6.72. The molecule has 3 rings (SSSR count). The highest BCUT2D eigenvalue weighted by atomic mass is 127. The zero-order valence-electron chi connectivity index (χ0n) is 16.6. The topological polar surface area (TPSA) is 99.6 Å². The molecule has 7 nitrogen and oxygen atoms in total. The predicted octanol–water partition coefficient (Wildman–Crippen LogP) is 4.46. The average Bonchev–Trinajstić information content (AvgIpc) is 2.71. The fraction of sp³-hybridized carbons (Fsp3) is 0.238. The third-order valence-electron chi connectivity index (χ3n) is 4.33. The van der Waals surface area contributed by atoms with Gasteiger partial charge in [0.25, 0.3) is 11.5 Å². The molecule has 31 heavy (non-hydrogen) atoms. The summed E-state index contributed by atoms with van der Waals surface area (Å²) in [5.74, 6) is 0.686. The van der Waals surface area contributed by atoms with Crippen LogP contribution in [0.5, 0.6) is 5.75 Å². The standard InChI is InChI=1S/C21H19BrI2N4O3/c1-2-3-4-19-27-17-6-5-13(22)9-14(17)21(30)28(19)26-10-12-7-15(23)20(16(24)8-12)31-11-18(25)29/h5-10H,2-4,11H2,1H3,(H2,25,29). The van der Waals surface area contributed by atoms with Crippen LogP contribution in [0.15, 0.2) is 44.7 Å². The normalized spacial score (nSPS) is 11.4. The molecule has 0 saturated heterocycles. The van der Waals surface area contributed by atoms with Gasteiger partial charge in [0.05, 0.1) is 24.3 Å².